The first kappa shape index (κ1) is 18.0. The Morgan fingerprint density at radius 3 is 2.52 bits per heavy atom. The van der Waals surface area contributed by atoms with E-state index in [9.17, 15) is 15.0 Å². The first-order valence-electron chi connectivity index (χ1n) is 8.74. The number of hydrogen-bond acceptors (Lipinski definition) is 3. The van der Waals surface area contributed by atoms with Gasteiger partial charge < -0.3 is 10.2 Å². The molecule has 1 saturated carbocycles. The molecule has 1 fully saturated rings. The number of carbonyl (C=O) groups excluding carboxylic acids is 1. The fraction of sp³-hybridized carbons (Fsp3) is 0.650. The van der Waals surface area contributed by atoms with E-state index in [0.29, 0.717) is 12.2 Å². The summed E-state index contributed by atoms with van der Waals surface area (Å²) in [7, 11) is 0. The number of phenols is 1. The zero-order valence-electron chi connectivity index (χ0n) is 14.9. The third-order valence-electron chi connectivity index (χ3n) is 5.42. The Morgan fingerprint density at radius 1 is 1.26 bits per heavy atom. The van der Waals surface area contributed by atoms with Gasteiger partial charge in [-0.1, -0.05) is 33.8 Å². The third-order valence-corrected chi connectivity index (χ3v) is 5.42. The smallest absolute Gasteiger partial charge is 0.136 e. The Balaban J connectivity index is 2.22. The van der Waals surface area contributed by atoms with Crippen LogP contribution in [0.5, 0.6) is 5.75 Å². The summed E-state index contributed by atoms with van der Waals surface area (Å²) in [6.07, 6.45) is 4.40. The molecule has 0 spiro atoms. The van der Waals surface area contributed by atoms with E-state index in [4.69, 9.17) is 0 Å². The second-order valence-electron chi connectivity index (χ2n) is 7.89. The fourth-order valence-electron chi connectivity index (χ4n) is 3.89. The Hall–Kier alpha value is -1.35. The SMILES string of the molecule is CC(C)c1cc(CC[C@@H]2C(=O)CCCC2(C)C)c(CO)cc1O. The molecule has 23 heavy (non-hydrogen) atoms. The quantitative estimate of drug-likeness (QED) is 0.849. The van der Waals surface area contributed by atoms with Gasteiger partial charge in [-0.2, -0.15) is 0 Å². The lowest BCUT2D eigenvalue weighted by molar-refractivity contribution is -0.129. The molecule has 0 heterocycles. The lowest BCUT2D eigenvalue weighted by Crippen LogP contribution is -2.35. The number of benzene rings is 1. The predicted molar refractivity (Wildman–Crippen MR) is 92.6 cm³/mol. The highest BCUT2D eigenvalue weighted by atomic mass is 16.3. The number of Topliss-reactive ketones (excluding diaryl/α,β-unsaturated/α-hetero) is 1. The fourth-order valence-corrected chi connectivity index (χ4v) is 3.89. The molecule has 0 aromatic heterocycles. The molecular weight excluding hydrogens is 288 g/mol. The monoisotopic (exact) mass is 318 g/mol. The van der Waals surface area contributed by atoms with E-state index in [1.165, 1.54) is 0 Å². The molecule has 1 aliphatic carbocycles. The van der Waals surface area contributed by atoms with Crippen LogP contribution in [0.4, 0.5) is 0 Å². The van der Waals surface area contributed by atoms with E-state index in [-0.39, 0.29) is 29.6 Å². The van der Waals surface area contributed by atoms with Crippen LogP contribution >= 0.6 is 0 Å². The number of aliphatic hydroxyl groups is 1. The summed E-state index contributed by atoms with van der Waals surface area (Å²) in [5.41, 5.74) is 2.80. The number of carbonyl (C=O) groups is 1. The van der Waals surface area contributed by atoms with Gasteiger partial charge in [0.15, 0.2) is 0 Å². The van der Waals surface area contributed by atoms with Gasteiger partial charge in [-0.15, -0.1) is 0 Å². The molecule has 1 aromatic carbocycles. The standard InChI is InChI=1S/C20H30O3/c1-13(2)16-10-14(15(12-21)11-19(16)23)7-8-17-18(22)6-5-9-20(17,3)4/h10-11,13,17,21,23H,5-9,12H2,1-4H3/t17-/m1/s1. The molecule has 0 unspecified atom stereocenters. The summed E-state index contributed by atoms with van der Waals surface area (Å²) in [6.45, 7) is 8.40. The first-order valence-corrected chi connectivity index (χ1v) is 8.74. The second-order valence-corrected chi connectivity index (χ2v) is 7.89. The van der Waals surface area contributed by atoms with Gasteiger partial charge in [0.05, 0.1) is 6.61 Å². The summed E-state index contributed by atoms with van der Waals surface area (Å²) in [5, 5.41) is 19.7. The zero-order chi connectivity index (χ0) is 17.2. The van der Waals surface area contributed by atoms with Crippen LogP contribution in [-0.4, -0.2) is 16.0 Å². The van der Waals surface area contributed by atoms with E-state index in [2.05, 4.69) is 13.8 Å². The number of ketones is 1. The van der Waals surface area contributed by atoms with Gasteiger partial charge in [-0.25, -0.2) is 0 Å². The van der Waals surface area contributed by atoms with Crippen molar-refractivity contribution in [3.05, 3.63) is 28.8 Å². The highest BCUT2D eigenvalue weighted by Crippen LogP contribution is 2.41. The minimum atomic E-state index is -0.0801. The number of aryl methyl sites for hydroxylation is 1. The van der Waals surface area contributed by atoms with Gasteiger partial charge in [-0.3, -0.25) is 4.79 Å². The van der Waals surface area contributed by atoms with Gasteiger partial charge in [0.1, 0.15) is 11.5 Å². The number of aromatic hydroxyl groups is 1. The minimum absolute atomic E-state index is 0.0620. The summed E-state index contributed by atoms with van der Waals surface area (Å²) in [6, 6.07) is 3.68. The van der Waals surface area contributed by atoms with E-state index in [0.717, 1.165) is 42.4 Å². The maximum absolute atomic E-state index is 12.3. The molecule has 3 heteroatoms. The predicted octanol–water partition coefficient (Wildman–Crippen LogP) is 4.34. The van der Waals surface area contributed by atoms with E-state index in [1.807, 2.05) is 19.9 Å². The summed E-state index contributed by atoms with van der Waals surface area (Å²) in [5.74, 6) is 0.963. The van der Waals surface area contributed by atoms with Crippen LogP contribution in [0.15, 0.2) is 12.1 Å². The van der Waals surface area contributed by atoms with Crippen LogP contribution in [0.1, 0.15) is 76.0 Å². The Morgan fingerprint density at radius 2 is 1.96 bits per heavy atom. The largest absolute Gasteiger partial charge is 0.508 e. The van der Waals surface area contributed by atoms with Gasteiger partial charge in [0, 0.05) is 12.3 Å². The van der Waals surface area contributed by atoms with Crippen molar-refractivity contribution in [1.29, 1.82) is 0 Å². The lowest BCUT2D eigenvalue weighted by atomic mass is 9.66. The number of aliphatic hydroxyl groups excluding tert-OH is 1. The Kier molecular flexibility index (Phi) is 5.51. The van der Waals surface area contributed by atoms with Crippen LogP contribution in [0.25, 0.3) is 0 Å². The second kappa shape index (κ2) is 7.04. The molecule has 0 amide bonds. The molecule has 0 aliphatic heterocycles. The number of phenolic OH excluding ortho intramolecular Hbond substituents is 1. The summed E-state index contributed by atoms with van der Waals surface area (Å²) in [4.78, 5) is 12.3. The van der Waals surface area contributed by atoms with Gasteiger partial charge >= 0.3 is 0 Å². The van der Waals surface area contributed by atoms with Crippen molar-refractivity contribution in [3.8, 4) is 5.75 Å². The van der Waals surface area contributed by atoms with Crippen molar-refractivity contribution < 1.29 is 15.0 Å². The van der Waals surface area contributed by atoms with Crippen LogP contribution in [0.2, 0.25) is 0 Å². The molecular formula is C20H30O3. The average molecular weight is 318 g/mol. The van der Waals surface area contributed by atoms with E-state index < -0.39 is 0 Å². The van der Waals surface area contributed by atoms with Gasteiger partial charge in [-0.05, 0) is 59.8 Å². The van der Waals surface area contributed by atoms with Crippen molar-refractivity contribution in [2.75, 3.05) is 0 Å². The van der Waals surface area contributed by atoms with E-state index >= 15 is 0 Å². The third kappa shape index (κ3) is 3.95. The van der Waals surface area contributed by atoms with Crippen molar-refractivity contribution in [2.24, 2.45) is 11.3 Å². The van der Waals surface area contributed by atoms with Gasteiger partial charge in [0.2, 0.25) is 0 Å². The highest BCUT2D eigenvalue weighted by molar-refractivity contribution is 5.82. The zero-order valence-corrected chi connectivity index (χ0v) is 14.9. The number of hydrogen-bond donors (Lipinski definition) is 2. The van der Waals surface area contributed by atoms with Crippen molar-refractivity contribution in [2.45, 2.75) is 72.3 Å². The highest BCUT2D eigenvalue weighted by Gasteiger charge is 2.37. The lowest BCUT2D eigenvalue weighted by Gasteiger charge is -2.37. The van der Waals surface area contributed by atoms with Crippen LogP contribution in [0, 0.1) is 11.3 Å². The Labute approximate surface area is 139 Å². The van der Waals surface area contributed by atoms with Crippen LogP contribution in [-0.2, 0) is 17.8 Å². The van der Waals surface area contributed by atoms with Crippen molar-refractivity contribution in [1.82, 2.24) is 0 Å². The number of rotatable bonds is 5. The van der Waals surface area contributed by atoms with E-state index in [1.54, 1.807) is 6.07 Å². The van der Waals surface area contributed by atoms with Crippen LogP contribution < -0.4 is 0 Å². The topological polar surface area (TPSA) is 57.5 Å². The maximum Gasteiger partial charge on any atom is 0.136 e. The van der Waals surface area contributed by atoms with Crippen molar-refractivity contribution >= 4 is 5.78 Å². The molecule has 3 nitrogen and oxygen atoms in total. The molecule has 1 atom stereocenters. The first-order chi connectivity index (χ1) is 10.8. The summed E-state index contributed by atoms with van der Waals surface area (Å²) >= 11 is 0. The molecule has 128 valence electrons. The maximum atomic E-state index is 12.3. The molecule has 0 saturated heterocycles. The normalized spacial score (nSPS) is 21.0. The molecule has 0 bridgehead atoms. The molecule has 1 aliphatic rings. The molecule has 1 aromatic rings. The average Bonchev–Trinajstić information content (AvgIpc) is 2.46. The molecule has 2 N–H and O–H groups in total. The summed E-state index contributed by atoms with van der Waals surface area (Å²) < 4.78 is 0. The molecule has 0 radical (unpaired) electrons. The molecule has 2 rings (SSSR count). The van der Waals surface area contributed by atoms with Crippen molar-refractivity contribution in [3.63, 3.8) is 0 Å². The van der Waals surface area contributed by atoms with Gasteiger partial charge in [0.25, 0.3) is 0 Å². The Bertz CT molecular complexity index is 572. The van der Waals surface area contributed by atoms with Crippen LogP contribution in [0.3, 0.4) is 0 Å². The minimum Gasteiger partial charge on any atom is -0.508 e.